The topological polar surface area (TPSA) is 58.6 Å². The summed E-state index contributed by atoms with van der Waals surface area (Å²) in [7, 11) is 1.42. The molecule has 1 atom stereocenters. The molecule has 0 bridgehead atoms. The van der Waals surface area contributed by atoms with E-state index in [4.69, 9.17) is 4.74 Å². The standard InChI is InChI=1S/C14H24N2O3/c1-19-14(18)11-7-8-16(9-11)10-13(17)15-12-5-3-2-4-6-12/h11-12H,2-10H2,1H3,(H,15,17). The Kier molecular flexibility index (Phi) is 5.19. The average Bonchev–Trinajstić information content (AvgIpc) is 2.87. The minimum Gasteiger partial charge on any atom is -0.469 e. The molecular formula is C14H24N2O3. The van der Waals surface area contributed by atoms with Crippen LogP contribution < -0.4 is 5.32 Å². The van der Waals surface area contributed by atoms with E-state index >= 15 is 0 Å². The first-order valence-corrected chi connectivity index (χ1v) is 7.28. The quantitative estimate of drug-likeness (QED) is 0.771. The molecule has 1 unspecified atom stereocenters. The third-order valence-corrected chi connectivity index (χ3v) is 4.14. The molecule has 1 aliphatic carbocycles. The van der Waals surface area contributed by atoms with Crippen LogP contribution in [-0.4, -0.2) is 49.6 Å². The number of nitrogens with zero attached hydrogens (tertiary/aromatic N) is 1. The number of hydrogen-bond acceptors (Lipinski definition) is 4. The van der Waals surface area contributed by atoms with E-state index in [9.17, 15) is 9.59 Å². The molecule has 0 aromatic rings. The first-order valence-electron chi connectivity index (χ1n) is 7.28. The number of esters is 1. The first-order chi connectivity index (χ1) is 9.19. The van der Waals surface area contributed by atoms with Crippen molar-refractivity contribution in [3.63, 3.8) is 0 Å². The lowest BCUT2D eigenvalue weighted by atomic mass is 9.95. The van der Waals surface area contributed by atoms with Crippen molar-refractivity contribution >= 4 is 11.9 Å². The molecule has 1 heterocycles. The SMILES string of the molecule is COC(=O)C1CCN(CC(=O)NC2CCCCC2)C1. The van der Waals surface area contributed by atoms with Crippen LogP contribution in [0.4, 0.5) is 0 Å². The number of amides is 1. The van der Waals surface area contributed by atoms with Crippen LogP contribution in [0.5, 0.6) is 0 Å². The fraction of sp³-hybridized carbons (Fsp3) is 0.857. The highest BCUT2D eigenvalue weighted by molar-refractivity contribution is 5.78. The number of nitrogens with one attached hydrogen (secondary N) is 1. The second-order valence-corrected chi connectivity index (χ2v) is 5.65. The number of carbonyl (C=O) groups is 2. The maximum atomic E-state index is 11.9. The molecule has 1 saturated carbocycles. The van der Waals surface area contributed by atoms with Crippen molar-refractivity contribution in [2.75, 3.05) is 26.7 Å². The monoisotopic (exact) mass is 268 g/mol. The molecule has 5 nitrogen and oxygen atoms in total. The van der Waals surface area contributed by atoms with Crippen LogP contribution in [0.15, 0.2) is 0 Å². The van der Waals surface area contributed by atoms with Gasteiger partial charge in [-0.1, -0.05) is 19.3 Å². The molecule has 1 amide bonds. The molecule has 1 saturated heterocycles. The molecule has 108 valence electrons. The van der Waals surface area contributed by atoms with E-state index in [-0.39, 0.29) is 17.8 Å². The van der Waals surface area contributed by atoms with Crippen molar-refractivity contribution in [2.24, 2.45) is 5.92 Å². The highest BCUT2D eigenvalue weighted by Crippen LogP contribution is 2.19. The lowest BCUT2D eigenvalue weighted by Gasteiger charge is -2.24. The first kappa shape index (κ1) is 14.3. The summed E-state index contributed by atoms with van der Waals surface area (Å²) in [5.41, 5.74) is 0. The van der Waals surface area contributed by atoms with Gasteiger partial charge in [0.05, 0.1) is 19.6 Å². The van der Waals surface area contributed by atoms with Gasteiger partial charge < -0.3 is 10.1 Å². The van der Waals surface area contributed by atoms with E-state index in [0.717, 1.165) is 25.8 Å². The molecule has 0 spiro atoms. The van der Waals surface area contributed by atoms with Crippen LogP contribution in [-0.2, 0) is 14.3 Å². The maximum Gasteiger partial charge on any atom is 0.310 e. The van der Waals surface area contributed by atoms with E-state index in [0.29, 0.717) is 19.1 Å². The van der Waals surface area contributed by atoms with E-state index in [2.05, 4.69) is 5.32 Å². The van der Waals surface area contributed by atoms with Crippen molar-refractivity contribution in [3.8, 4) is 0 Å². The molecule has 19 heavy (non-hydrogen) atoms. The Labute approximate surface area is 114 Å². The van der Waals surface area contributed by atoms with Crippen LogP contribution in [0.3, 0.4) is 0 Å². The lowest BCUT2D eigenvalue weighted by Crippen LogP contribution is -2.42. The van der Waals surface area contributed by atoms with E-state index in [1.165, 1.54) is 26.4 Å². The summed E-state index contributed by atoms with van der Waals surface area (Å²) in [6.07, 6.45) is 6.74. The van der Waals surface area contributed by atoms with Crippen LogP contribution in [0.25, 0.3) is 0 Å². The smallest absolute Gasteiger partial charge is 0.310 e. The maximum absolute atomic E-state index is 11.9. The Balaban J connectivity index is 1.69. The van der Waals surface area contributed by atoms with Crippen LogP contribution in [0.1, 0.15) is 38.5 Å². The molecule has 5 heteroatoms. The summed E-state index contributed by atoms with van der Waals surface area (Å²) < 4.78 is 4.74. The summed E-state index contributed by atoms with van der Waals surface area (Å²) in [6, 6.07) is 0.361. The van der Waals surface area contributed by atoms with Crippen LogP contribution >= 0.6 is 0 Å². The summed E-state index contributed by atoms with van der Waals surface area (Å²) in [4.78, 5) is 25.4. The van der Waals surface area contributed by atoms with Gasteiger partial charge in [0.2, 0.25) is 5.91 Å². The third kappa shape index (κ3) is 4.20. The van der Waals surface area contributed by atoms with Gasteiger partial charge in [-0.05, 0) is 25.8 Å². The second-order valence-electron chi connectivity index (χ2n) is 5.65. The zero-order chi connectivity index (χ0) is 13.7. The van der Waals surface area contributed by atoms with Gasteiger partial charge in [-0.25, -0.2) is 0 Å². The Morgan fingerprint density at radius 1 is 1.21 bits per heavy atom. The Bertz CT molecular complexity index is 327. The molecule has 0 aromatic carbocycles. The summed E-state index contributed by atoms with van der Waals surface area (Å²) in [5, 5.41) is 3.11. The molecule has 0 radical (unpaired) electrons. The minimum atomic E-state index is -0.157. The number of hydrogen-bond donors (Lipinski definition) is 1. The Morgan fingerprint density at radius 3 is 2.63 bits per heavy atom. The molecular weight excluding hydrogens is 244 g/mol. The molecule has 1 N–H and O–H groups in total. The summed E-state index contributed by atoms with van der Waals surface area (Å²) in [5.74, 6) is -0.125. The molecule has 2 aliphatic rings. The molecule has 2 rings (SSSR count). The number of methoxy groups -OCH3 is 1. The van der Waals surface area contributed by atoms with Gasteiger partial charge in [0.25, 0.3) is 0 Å². The van der Waals surface area contributed by atoms with E-state index in [1.54, 1.807) is 0 Å². The van der Waals surface area contributed by atoms with Gasteiger partial charge in [-0.3, -0.25) is 14.5 Å². The number of ether oxygens (including phenoxy) is 1. The predicted molar refractivity (Wildman–Crippen MR) is 71.6 cm³/mol. The zero-order valence-electron chi connectivity index (χ0n) is 11.7. The third-order valence-electron chi connectivity index (χ3n) is 4.14. The van der Waals surface area contributed by atoms with Crippen molar-refractivity contribution in [2.45, 2.75) is 44.6 Å². The van der Waals surface area contributed by atoms with Gasteiger partial charge in [0, 0.05) is 12.6 Å². The fourth-order valence-electron chi connectivity index (χ4n) is 3.06. The number of rotatable bonds is 4. The highest BCUT2D eigenvalue weighted by Gasteiger charge is 2.30. The van der Waals surface area contributed by atoms with E-state index in [1.807, 2.05) is 4.90 Å². The van der Waals surface area contributed by atoms with Crippen molar-refractivity contribution in [1.29, 1.82) is 0 Å². The van der Waals surface area contributed by atoms with Gasteiger partial charge in [0.1, 0.15) is 0 Å². The van der Waals surface area contributed by atoms with Gasteiger partial charge in [0.15, 0.2) is 0 Å². The number of carbonyl (C=O) groups excluding carboxylic acids is 2. The highest BCUT2D eigenvalue weighted by atomic mass is 16.5. The largest absolute Gasteiger partial charge is 0.469 e. The average molecular weight is 268 g/mol. The van der Waals surface area contributed by atoms with Crippen molar-refractivity contribution in [3.05, 3.63) is 0 Å². The lowest BCUT2D eigenvalue weighted by molar-refractivity contribution is -0.145. The fourth-order valence-corrected chi connectivity index (χ4v) is 3.06. The van der Waals surface area contributed by atoms with Crippen LogP contribution in [0, 0.1) is 5.92 Å². The van der Waals surface area contributed by atoms with Gasteiger partial charge in [-0.2, -0.15) is 0 Å². The Hall–Kier alpha value is -1.10. The van der Waals surface area contributed by atoms with Crippen molar-refractivity contribution < 1.29 is 14.3 Å². The minimum absolute atomic E-state index is 0.0625. The molecule has 1 aliphatic heterocycles. The second kappa shape index (κ2) is 6.89. The van der Waals surface area contributed by atoms with Crippen molar-refractivity contribution in [1.82, 2.24) is 10.2 Å². The predicted octanol–water partition coefficient (Wildman–Crippen LogP) is 0.930. The van der Waals surface area contributed by atoms with E-state index < -0.39 is 0 Å². The zero-order valence-corrected chi connectivity index (χ0v) is 11.7. The number of likely N-dealkylation sites (tertiary alicyclic amines) is 1. The summed E-state index contributed by atoms with van der Waals surface area (Å²) in [6.45, 7) is 1.85. The van der Waals surface area contributed by atoms with Gasteiger partial charge in [-0.15, -0.1) is 0 Å². The normalized spacial score (nSPS) is 25.2. The Morgan fingerprint density at radius 2 is 1.95 bits per heavy atom. The van der Waals surface area contributed by atoms with Gasteiger partial charge >= 0.3 is 5.97 Å². The molecule has 0 aromatic heterocycles. The summed E-state index contributed by atoms with van der Waals surface area (Å²) >= 11 is 0. The van der Waals surface area contributed by atoms with Crippen LogP contribution in [0.2, 0.25) is 0 Å². The molecule has 2 fully saturated rings.